The van der Waals surface area contributed by atoms with Gasteiger partial charge in [-0.05, 0) is 6.42 Å². The van der Waals surface area contributed by atoms with Crippen LogP contribution in [0.2, 0.25) is 0 Å². The Bertz CT molecular complexity index is 273. The molecule has 0 heterocycles. The zero-order valence-electron chi connectivity index (χ0n) is 6.43. The second kappa shape index (κ2) is 4.42. The van der Waals surface area contributed by atoms with Crippen LogP contribution < -0.4 is 0 Å². The first-order chi connectivity index (χ1) is 5.43. The Labute approximate surface area is 68.0 Å². The summed E-state index contributed by atoms with van der Waals surface area (Å²) in [5.74, 6) is 8.42. The van der Waals surface area contributed by atoms with E-state index in [1.807, 2.05) is 0 Å². The maximum absolute atomic E-state index is 5.04. The minimum Gasteiger partial charge on any atom is -0.119 e. The lowest BCUT2D eigenvalue weighted by Crippen LogP contribution is -1.73. The number of terminal acetylenes is 1. The highest BCUT2D eigenvalue weighted by molar-refractivity contribution is 5.27. The third-order valence-corrected chi connectivity index (χ3v) is 1.48. The van der Waals surface area contributed by atoms with Gasteiger partial charge < -0.3 is 0 Å². The molecule has 0 aromatic rings. The summed E-state index contributed by atoms with van der Waals surface area (Å²) in [6.45, 7) is 0. The lowest BCUT2D eigenvalue weighted by Gasteiger charge is -1.89. The van der Waals surface area contributed by atoms with Gasteiger partial charge in [0.25, 0.3) is 0 Å². The lowest BCUT2D eigenvalue weighted by molar-refractivity contribution is 1.16. The van der Waals surface area contributed by atoms with Gasteiger partial charge in [-0.2, -0.15) is 0 Å². The molecule has 1 rings (SSSR count). The molecule has 0 radical (unpaired) electrons. The molecule has 0 saturated heterocycles. The molecule has 0 N–H and O–H groups in total. The van der Waals surface area contributed by atoms with Crippen molar-refractivity contribution in [3.63, 3.8) is 0 Å². The molecule has 11 heavy (non-hydrogen) atoms. The molecule has 0 bridgehead atoms. The minimum atomic E-state index is 0.570. The van der Waals surface area contributed by atoms with Gasteiger partial charge in [0.2, 0.25) is 0 Å². The summed E-state index contributed by atoms with van der Waals surface area (Å²) in [4.78, 5) is 0. The highest BCUT2D eigenvalue weighted by Crippen LogP contribution is 2.12. The van der Waals surface area contributed by atoms with E-state index in [1.165, 1.54) is 5.57 Å². The fourth-order valence-corrected chi connectivity index (χ4v) is 0.912. The van der Waals surface area contributed by atoms with Gasteiger partial charge in [0, 0.05) is 6.42 Å². The van der Waals surface area contributed by atoms with Gasteiger partial charge in [-0.1, -0.05) is 41.6 Å². The van der Waals surface area contributed by atoms with Crippen LogP contribution in [0.4, 0.5) is 0 Å². The van der Waals surface area contributed by atoms with E-state index >= 15 is 0 Å². The zero-order valence-corrected chi connectivity index (χ0v) is 6.43. The van der Waals surface area contributed by atoms with Crippen LogP contribution >= 0.6 is 0 Å². The van der Waals surface area contributed by atoms with Crippen molar-refractivity contribution in [2.75, 3.05) is 0 Å². The largest absolute Gasteiger partial charge is 0.119 e. The van der Waals surface area contributed by atoms with Gasteiger partial charge in [-0.3, -0.25) is 0 Å². The Kier molecular flexibility index (Phi) is 3.10. The number of hydrogen-bond donors (Lipinski definition) is 0. The highest BCUT2D eigenvalue weighted by Gasteiger charge is 1.94. The van der Waals surface area contributed by atoms with Crippen molar-refractivity contribution in [3.8, 4) is 24.2 Å². The van der Waals surface area contributed by atoms with E-state index in [2.05, 4.69) is 36.0 Å². The quantitative estimate of drug-likeness (QED) is 0.493. The van der Waals surface area contributed by atoms with E-state index in [-0.39, 0.29) is 0 Å². The number of allylic oxidation sites excluding steroid dienone is 4. The summed E-state index contributed by atoms with van der Waals surface area (Å²) in [7, 11) is 0. The van der Waals surface area contributed by atoms with Crippen molar-refractivity contribution in [1.29, 1.82) is 0 Å². The molecule has 1 aliphatic rings. The fourth-order valence-electron chi connectivity index (χ4n) is 0.912. The van der Waals surface area contributed by atoms with Crippen LogP contribution in [0, 0.1) is 24.2 Å². The molecule has 0 nitrogen and oxygen atoms in total. The van der Waals surface area contributed by atoms with E-state index in [4.69, 9.17) is 6.42 Å². The Morgan fingerprint density at radius 1 is 1.45 bits per heavy atom. The molecule has 0 heteroatoms. The number of rotatable bonds is 1. The molecule has 0 fully saturated rings. The van der Waals surface area contributed by atoms with Crippen molar-refractivity contribution in [1.82, 2.24) is 0 Å². The molecular weight excluding hydrogens is 132 g/mol. The van der Waals surface area contributed by atoms with Crippen molar-refractivity contribution < 1.29 is 0 Å². The zero-order chi connectivity index (χ0) is 7.94. The standard InChI is InChI=1S/C11H10/c1-2-3-4-5-8-11-9-6-7-10-11/h1,6-7,9H,3,8,10H2. The van der Waals surface area contributed by atoms with E-state index in [0.29, 0.717) is 6.42 Å². The predicted octanol–water partition coefficient (Wildman–Crippen LogP) is 2.29. The average Bonchev–Trinajstić information content (AvgIpc) is 2.50. The SMILES string of the molecule is C#CCC#CCC1=CC=CC1. The Hall–Kier alpha value is -1.40. The van der Waals surface area contributed by atoms with Crippen LogP contribution in [0.25, 0.3) is 0 Å². The smallest absolute Gasteiger partial charge is 0.0700 e. The minimum absolute atomic E-state index is 0.570. The normalized spacial score (nSPS) is 13.2. The van der Waals surface area contributed by atoms with Crippen molar-refractivity contribution in [3.05, 3.63) is 23.8 Å². The second-order valence-electron chi connectivity index (χ2n) is 2.37. The van der Waals surface area contributed by atoms with Crippen LogP contribution in [-0.2, 0) is 0 Å². The molecule has 0 unspecified atom stereocenters. The second-order valence-corrected chi connectivity index (χ2v) is 2.37. The van der Waals surface area contributed by atoms with Gasteiger partial charge in [-0.25, -0.2) is 0 Å². The van der Waals surface area contributed by atoms with Crippen LogP contribution in [0.1, 0.15) is 19.3 Å². The topological polar surface area (TPSA) is 0 Å². The van der Waals surface area contributed by atoms with Crippen LogP contribution in [-0.4, -0.2) is 0 Å². The maximum Gasteiger partial charge on any atom is 0.0700 e. The molecule has 0 aliphatic heterocycles. The molecule has 54 valence electrons. The van der Waals surface area contributed by atoms with Crippen LogP contribution in [0.5, 0.6) is 0 Å². The summed E-state index contributed by atoms with van der Waals surface area (Å²) in [5.41, 5.74) is 1.38. The molecule has 0 aromatic carbocycles. The molecule has 1 aliphatic carbocycles. The average molecular weight is 142 g/mol. The number of hydrogen-bond acceptors (Lipinski definition) is 0. The molecule has 0 saturated carbocycles. The molecular formula is C11H10. The monoisotopic (exact) mass is 142 g/mol. The van der Waals surface area contributed by atoms with E-state index in [1.54, 1.807) is 0 Å². The first-order valence-corrected chi connectivity index (χ1v) is 3.67. The van der Waals surface area contributed by atoms with Crippen molar-refractivity contribution in [2.45, 2.75) is 19.3 Å². The summed E-state index contributed by atoms with van der Waals surface area (Å²) in [6.07, 6.45) is 13.9. The van der Waals surface area contributed by atoms with Crippen LogP contribution in [0.15, 0.2) is 23.8 Å². The third-order valence-electron chi connectivity index (χ3n) is 1.48. The van der Waals surface area contributed by atoms with Gasteiger partial charge in [-0.15, -0.1) is 6.42 Å². The third kappa shape index (κ3) is 2.78. The molecule has 0 spiro atoms. The highest BCUT2D eigenvalue weighted by atomic mass is 14.0. The summed E-state index contributed by atoms with van der Waals surface area (Å²) < 4.78 is 0. The Balaban J connectivity index is 2.25. The Morgan fingerprint density at radius 2 is 2.36 bits per heavy atom. The van der Waals surface area contributed by atoms with E-state index in [0.717, 1.165) is 12.8 Å². The summed E-state index contributed by atoms with van der Waals surface area (Å²) in [5, 5.41) is 0. The van der Waals surface area contributed by atoms with Crippen LogP contribution in [0.3, 0.4) is 0 Å². The predicted molar refractivity (Wildman–Crippen MR) is 47.7 cm³/mol. The van der Waals surface area contributed by atoms with Crippen molar-refractivity contribution in [2.24, 2.45) is 0 Å². The van der Waals surface area contributed by atoms with E-state index in [9.17, 15) is 0 Å². The first-order valence-electron chi connectivity index (χ1n) is 3.67. The maximum atomic E-state index is 5.04. The van der Waals surface area contributed by atoms with E-state index < -0.39 is 0 Å². The Morgan fingerprint density at radius 3 is 3.00 bits per heavy atom. The van der Waals surface area contributed by atoms with Gasteiger partial charge in [0.15, 0.2) is 0 Å². The first kappa shape index (κ1) is 7.70. The van der Waals surface area contributed by atoms with Crippen molar-refractivity contribution >= 4 is 0 Å². The summed E-state index contributed by atoms with van der Waals surface area (Å²) in [6, 6.07) is 0. The molecule has 0 amide bonds. The molecule has 0 aromatic heterocycles. The fraction of sp³-hybridized carbons (Fsp3) is 0.273. The molecule has 0 atom stereocenters. The van der Waals surface area contributed by atoms with Gasteiger partial charge in [0.05, 0.1) is 6.42 Å². The van der Waals surface area contributed by atoms with Gasteiger partial charge >= 0.3 is 0 Å². The van der Waals surface area contributed by atoms with Gasteiger partial charge in [0.1, 0.15) is 0 Å². The lowest BCUT2D eigenvalue weighted by atomic mass is 10.2. The summed E-state index contributed by atoms with van der Waals surface area (Å²) >= 11 is 0.